The Morgan fingerprint density at radius 3 is 2.57 bits per heavy atom. The van der Waals surface area contributed by atoms with Gasteiger partial charge in [0.25, 0.3) is 0 Å². The van der Waals surface area contributed by atoms with E-state index in [1.54, 1.807) is 0 Å². The Labute approximate surface area is 123 Å². The van der Waals surface area contributed by atoms with E-state index in [0.717, 1.165) is 11.4 Å². The zero-order chi connectivity index (χ0) is 14.1. The molecule has 0 aliphatic carbocycles. The number of nitrogens with one attached hydrogen (secondary N) is 2. The molecule has 0 saturated heterocycles. The molecule has 103 valence electrons. The molecular weight excluding hydrogens is 260 g/mol. The van der Waals surface area contributed by atoms with Crippen LogP contribution in [0.1, 0.15) is 17.2 Å². The minimum absolute atomic E-state index is 0.126. The van der Waals surface area contributed by atoms with Crippen LogP contribution in [0.15, 0.2) is 67.3 Å². The highest BCUT2D eigenvalue weighted by molar-refractivity contribution is 5.76. The molecule has 2 heterocycles. The van der Waals surface area contributed by atoms with Gasteiger partial charge in [0, 0.05) is 12.4 Å². The molecule has 4 rings (SSSR count). The number of imidazole rings is 1. The first-order chi connectivity index (χ1) is 10.4. The fraction of sp³-hybridized carbons (Fsp3) is 0.0588. The Hall–Kier alpha value is -2.75. The van der Waals surface area contributed by atoms with Gasteiger partial charge in [0.05, 0.1) is 23.7 Å². The second-order valence-corrected chi connectivity index (χ2v) is 5.06. The van der Waals surface area contributed by atoms with Gasteiger partial charge in [0.1, 0.15) is 6.67 Å². The molecule has 2 aromatic carbocycles. The van der Waals surface area contributed by atoms with Crippen molar-refractivity contribution in [2.75, 3.05) is 10.6 Å². The van der Waals surface area contributed by atoms with Crippen LogP contribution in [-0.2, 0) is 0 Å². The average Bonchev–Trinajstić information content (AvgIpc) is 3.19. The molecule has 2 N–H and O–H groups in total. The minimum Gasteiger partial charge on any atom is -0.360 e. The van der Waals surface area contributed by atoms with E-state index in [1.807, 2.05) is 31.5 Å². The van der Waals surface area contributed by atoms with Gasteiger partial charge in [-0.05, 0) is 23.3 Å². The van der Waals surface area contributed by atoms with E-state index >= 15 is 0 Å². The van der Waals surface area contributed by atoms with Gasteiger partial charge in [-0.15, -0.1) is 0 Å². The summed E-state index contributed by atoms with van der Waals surface area (Å²) in [5.41, 5.74) is 4.68. The molecule has 0 bridgehead atoms. The highest BCUT2D eigenvalue weighted by atomic mass is 15.1. The predicted octanol–water partition coefficient (Wildman–Crippen LogP) is 3.48. The van der Waals surface area contributed by atoms with E-state index in [1.165, 1.54) is 11.1 Å². The van der Waals surface area contributed by atoms with E-state index in [0.29, 0.717) is 0 Å². The lowest BCUT2D eigenvalue weighted by Gasteiger charge is -2.20. The van der Waals surface area contributed by atoms with E-state index in [9.17, 15) is 0 Å². The van der Waals surface area contributed by atoms with Crippen LogP contribution in [-0.4, -0.2) is 9.55 Å². The Morgan fingerprint density at radius 2 is 1.76 bits per heavy atom. The van der Waals surface area contributed by atoms with Gasteiger partial charge in [-0.1, -0.05) is 36.4 Å². The number of hydrogen-bond donors (Lipinski definition) is 2. The normalized spacial score (nSPS) is 14.1. The van der Waals surface area contributed by atoms with E-state index in [2.05, 4.69) is 62.6 Å². The van der Waals surface area contributed by atoms with Crippen molar-refractivity contribution >= 4 is 11.4 Å². The van der Waals surface area contributed by atoms with Gasteiger partial charge >= 0.3 is 0 Å². The Bertz CT molecular complexity index is 735. The lowest BCUT2D eigenvalue weighted by Crippen LogP contribution is -2.10. The minimum atomic E-state index is 0.126. The number of anilines is 2. The van der Waals surface area contributed by atoms with Gasteiger partial charge in [0.15, 0.2) is 0 Å². The molecular formula is C17H15N4. The second kappa shape index (κ2) is 4.98. The third-order valence-corrected chi connectivity index (χ3v) is 3.75. The quantitative estimate of drug-likeness (QED) is 0.769. The second-order valence-electron chi connectivity index (χ2n) is 5.06. The van der Waals surface area contributed by atoms with Gasteiger partial charge in [0.2, 0.25) is 0 Å². The first-order valence-corrected chi connectivity index (χ1v) is 6.93. The number of nitrogens with zero attached hydrogens (tertiary/aromatic N) is 2. The van der Waals surface area contributed by atoms with Crippen molar-refractivity contribution in [3.63, 3.8) is 0 Å². The molecule has 0 amide bonds. The summed E-state index contributed by atoms with van der Waals surface area (Å²) in [6, 6.07) is 17.0. The molecule has 4 nitrogen and oxygen atoms in total. The van der Waals surface area contributed by atoms with Crippen LogP contribution < -0.4 is 10.6 Å². The first kappa shape index (κ1) is 12.0. The van der Waals surface area contributed by atoms with Crippen LogP contribution in [0.3, 0.4) is 0 Å². The maximum Gasteiger partial charge on any atom is 0.136 e. The maximum absolute atomic E-state index is 4.20. The van der Waals surface area contributed by atoms with Crippen molar-refractivity contribution in [2.45, 2.75) is 6.04 Å². The molecule has 21 heavy (non-hydrogen) atoms. The van der Waals surface area contributed by atoms with Gasteiger partial charge < -0.3 is 15.2 Å². The molecule has 4 heteroatoms. The molecule has 0 fully saturated rings. The number of hydrogen-bond acceptors (Lipinski definition) is 3. The number of aromatic nitrogens is 2. The van der Waals surface area contributed by atoms with Crippen LogP contribution >= 0.6 is 0 Å². The van der Waals surface area contributed by atoms with Crippen molar-refractivity contribution < 1.29 is 0 Å². The summed E-state index contributed by atoms with van der Waals surface area (Å²) in [5.74, 6) is 0. The topological polar surface area (TPSA) is 41.9 Å². The Morgan fingerprint density at radius 1 is 0.905 bits per heavy atom. The molecule has 3 aromatic rings. The fourth-order valence-corrected chi connectivity index (χ4v) is 2.76. The average molecular weight is 275 g/mol. The maximum atomic E-state index is 4.20. The summed E-state index contributed by atoms with van der Waals surface area (Å²) in [7, 11) is 0. The van der Waals surface area contributed by atoms with Crippen LogP contribution in [0.2, 0.25) is 0 Å². The van der Waals surface area contributed by atoms with Crippen LogP contribution in [0.4, 0.5) is 11.4 Å². The summed E-state index contributed by atoms with van der Waals surface area (Å²) < 4.78 is 2.13. The molecule has 1 atom stereocenters. The Balaban J connectivity index is 1.83. The largest absolute Gasteiger partial charge is 0.360 e. The van der Waals surface area contributed by atoms with Crippen LogP contribution in [0, 0.1) is 6.67 Å². The van der Waals surface area contributed by atoms with Crippen LogP contribution in [0.5, 0.6) is 0 Å². The zero-order valence-corrected chi connectivity index (χ0v) is 11.4. The van der Waals surface area contributed by atoms with Crippen molar-refractivity contribution in [3.8, 4) is 0 Å². The molecule has 1 aliphatic rings. The van der Waals surface area contributed by atoms with Gasteiger partial charge in [-0.2, -0.15) is 0 Å². The molecule has 0 spiro atoms. The number of rotatable bonds is 3. The predicted molar refractivity (Wildman–Crippen MR) is 83.9 cm³/mol. The monoisotopic (exact) mass is 275 g/mol. The smallest absolute Gasteiger partial charge is 0.136 e. The fourth-order valence-electron chi connectivity index (χ4n) is 2.76. The first-order valence-electron chi connectivity index (χ1n) is 6.93. The summed E-state index contributed by atoms with van der Waals surface area (Å²) >= 11 is 0. The molecule has 1 aromatic heterocycles. The number of fused-ring (bicyclic) bond motifs is 1. The third-order valence-electron chi connectivity index (χ3n) is 3.75. The van der Waals surface area contributed by atoms with Crippen LogP contribution in [0.25, 0.3) is 0 Å². The lowest BCUT2D eigenvalue weighted by atomic mass is 9.97. The SMILES string of the molecule is [CH]1Nc2ccc(C(c3ccccc3)n3ccnc3)cc2N1. The van der Waals surface area contributed by atoms with E-state index in [-0.39, 0.29) is 6.04 Å². The van der Waals surface area contributed by atoms with E-state index < -0.39 is 0 Å². The van der Waals surface area contributed by atoms with Gasteiger partial charge in [-0.25, -0.2) is 4.98 Å². The van der Waals surface area contributed by atoms with Crippen molar-refractivity contribution in [2.24, 2.45) is 0 Å². The summed E-state index contributed by atoms with van der Waals surface area (Å²) in [6.07, 6.45) is 5.68. The summed E-state index contributed by atoms with van der Waals surface area (Å²) in [6.45, 7) is 1.85. The van der Waals surface area contributed by atoms with Crippen molar-refractivity contribution in [1.29, 1.82) is 0 Å². The molecule has 1 unspecified atom stereocenters. The highest BCUT2D eigenvalue weighted by Gasteiger charge is 2.18. The van der Waals surface area contributed by atoms with Crippen molar-refractivity contribution in [3.05, 3.63) is 85.0 Å². The summed E-state index contributed by atoms with van der Waals surface area (Å²) in [4.78, 5) is 4.20. The Kier molecular flexibility index (Phi) is 2.85. The van der Waals surface area contributed by atoms with Gasteiger partial charge in [-0.3, -0.25) is 0 Å². The van der Waals surface area contributed by atoms with Crippen molar-refractivity contribution in [1.82, 2.24) is 9.55 Å². The lowest BCUT2D eigenvalue weighted by molar-refractivity contribution is 0.677. The zero-order valence-electron chi connectivity index (χ0n) is 11.4. The third kappa shape index (κ3) is 2.14. The molecule has 0 saturated carbocycles. The summed E-state index contributed by atoms with van der Waals surface area (Å²) in [5, 5.41) is 6.42. The molecule has 1 radical (unpaired) electrons. The standard InChI is InChI=1S/C17H15N4/c1-2-4-13(5-3-1)17(21-9-8-18-12-21)14-6-7-15-16(10-14)20-11-19-15/h1-12,17,19-20H. The molecule has 1 aliphatic heterocycles. The number of benzene rings is 2. The van der Waals surface area contributed by atoms with E-state index in [4.69, 9.17) is 0 Å². The highest BCUT2D eigenvalue weighted by Crippen LogP contribution is 2.34.